The molecule has 2 aromatic rings. The SMILES string of the molecule is Cc1nc(C(=O)Cl)c(-c2ccccc2)s1. The van der Waals surface area contributed by atoms with Crippen molar-refractivity contribution in [1.82, 2.24) is 4.98 Å². The minimum Gasteiger partial charge on any atom is -0.274 e. The number of carbonyl (C=O) groups excluding carboxylic acids is 1. The van der Waals surface area contributed by atoms with Gasteiger partial charge in [-0.1, -0.05) is 30.3 Å². The number of aryl methyl sites for hydroxylation is 1. The van der Waals surface area contributed by atoms with Crippen LogP contribution in [0.25, 0.3) is 10.4 Å². The maximum atomic E-state index is 11.2. The Hall–Kier alpha value is -1.19. The Balaban J connectivity index is 2.58. The van der Waals surface area contributed by atoms with Crippen LogP contribution in [-0.2, 0) is 0 Å². The predicted molar refractivity (Wildman–Crippen MR) is 62.5 cm³/mol. The van der Waals surface area contributed by atoms with Gasteiger partial charge in [-0.25, -0.2) is 4.98 Å². The van der Waals surface area contributed by atoms with Gasteiger partial charge in [-0.2, -0.15) is 0 Å². The molecule has 0 bridgehead atoms. The van der Waals surface area contributed by atoms with Gasteiger partial charge in [-0.3, -0.25) is 4.79 Å². The average molecular weight is 238 g/mol. The lowest BCUT2D eigenvalue weighted by molar-refractivity contribution is 0.107. The molecule has 0 aliphatic heterocycles. The molecule has 0 saturated heterocycles. The molecule has 0 atom stereocenters. The molecule has 0 N–H and O–H groups in total. The number of halogens is 1. The zero-order valence-electron chi connectivity index (χ0n) is 8.03. The van der Waals surface area contributed by atoms with E-state index >= 15 is 0 Å². The summed E-state index contributed by atoms with van der Waals surface area (Å²) in [6.07, 6.45) is 0. The van der Waals surface area contributed by atoms with Crippen LogP contribution in [0.2, 0.25) is 0 Å². The van der Waals surface area contributed by atoms with Gasteiger partial charge in [0.1, 0.15) is 5.69 Å². The van der Waals surface area contributed by atoms with E-state index in [0.717, 1.165) is 15.4 Å². The fourth-order valence-electron chi connectivity index (χ4n) is 1.35. The van der Waals surface area contributed by atoms with Crippen molar-refractivity contribution in [2.24, 2.45) is 0 Å². The number of rotatable bonds is 2. The molecule has 15 heavy (non-hydrogen) atoms. The number of benzene rings is 1. The first-order valence-electron chi connectivity index (χ1n) is 4.41. The Kier molecular flexibility index (Phi) is 2.84. The number of nitrogens with zero attached hydrogens (tertiary/aromatic N) is 1. The highest BCUT2D eigenvalue weighted by molar-refractivity contribution is 7.15. The van der Waals surface area contributed by atoms with Gasteiger partial charge in [0.05, 0.1) is 9.88 Å². The molecule has 1 aromatic carbocycles. The highest BCUT2D eigenvalue weighted by atomic mass is 35.5. The van der Waals surface area contributed by atoms with E-state index < -0.39 is 5.24 Å². The number of hydrogen-bond acceptors (Lipinski definition) is 3. The van der Waals surface area contributed by atoms with Gasteiger partial charge in [0.25, 0.3) is 5.24 Å². The van der Waals surface area contributed by atoms with Crippen molar-refractivity contribution in [3.63, 3.8) is 0 Å². The van der Waals surface area contributed by atoms with E-state index in [0.29, 0.717) is 5.69 Å². The van der Waals surface area contributed by atoms with Crippen LogP contribution in [0.1, 0.15) is 15.5 Å². The highest BCUT2D eigenvalue weighted by Crippen LogP contribution is 2.30. The van der Waals surface area contributed by atoms with E-state index in [1.165, 1.54) is 11.3 Å². The molecule has 0 aliphatic rings. The Labute approximate surface area is 96.5 Å². The zero-order chi connectivity index (χ0) is 10.8. The summed E-state index contributed by atoms with van der Waals surface area (Å²) < 4.78 is 0. The molecule has 0 fully saturated rings. The third-order valence-electron chi connectivity index (χ3n) is 1.96. The quantitative estimate of drug-likeness (QED) is 0.749. The van der Waals surface area contributed by atoms with Gasteiger partial charge < -0.3 is 0 Å². The lowest BCUT2D eigenvalue weighted by atomic mass is 10.2. The second-order valence-corrected chi connectivity index (χ2v) is 4.60. The monoisotopic (exact) mass is 237 g/mol. The molecule has 2 nitrogen and oxygen atoms in total. The van der Waals surface area contributed by atoms with Crippen molar-refractivity contribution in [2.75, 3.05) is 0 Å². The Morgan fingerprint density at radius 1 is 1.33 bits per heavy atom. The van der Waals surface area contributed by atoms with Crippen molar-refractivity contribution in [1.29, 1.82) is 0 Å². The van der Waals surface area contributed by atoms with E-state index in [1.807, 2.05) is 37.3 Å². The Morgan fingerprint density at radius 2 is 2.00 bits per heavy atom. The Morgan fingerprint density at radius 3 is 2.60 bits per heavy atom. The van der Waals surface area contributed by atoms with Gasteiger partial charge in [0.2, 0.25) is 0 Å². The molecule has 0 amide bonds. The average Bonchev–Trinajstić information content (AvgIpc) is 2.62. The summed E-state index contributed by atoms with van der Waals surface area (Å²) in [4.78, 5) is 16.1. The highest BCUT2D eigenvalue weighted by Gasteiger charge is 2.15. The lowest BCUT2D eigenvalue weighted by Gasteiger charge is -1.97. The van der Waals surface area contributed by atoms with Gasteiger partial charge in [-0.15, -0.1) is 11.3 Å². The van der Waals surface area contributed by atoms with Crippen molar-refractivity contribution in [2.45, 2.75) is 6.92 Å². The number of aromatic nitrogens is 1. The van der Waals surface area contributed by atoms with Gasteiger partial charge >= 0.3 is 0 Å². The predicted octanol–water partition coefficient (Wildman–Crippen LogP) is 3.50. The van der Waals surface area contributed by atoms with Crippen LogP contribution in [0, 0.1) is 6.92 Å². The Bertz CT molecular complexity index is 493. The number of thiazole rings is 1. The van der Waals surface area contributed by atoms with Crippen LogP contribution in [0.3, 0.4) is 0 Å². The van der Waals surface area contributed by atoms with Crippen molar-refractivity contribution >= 4 is 28.2 Å². The van der Waals surface area contributed by atoms with Crippen LogP contribution in [0.4, 0.5) is 0 Å². The van der Waals surface area contributed by atoms with Crippen molar-refractivity contribution in [3.8, 4) is 10.4 Å². The molecule has 4 heteroatoms. The first kappa shape index (κ1) is 10.3. The van der Waals surface area contributed by atoms with Crippen LogP contribution < -0.4 is 0 Å². The number of hydrogen-bond donors (Lipinski definition) is 0. The van der Waals surface area contributed by atoms with E-state index in [4.69, 9.17) is 11.6 Å². The molecule has 1 aromatic heterocycles. The largest absolute Gasteiger partial charge is 0.274 e. The topological polar surface area (TPSA) is 30.0 Å². The standard InChI is InChI=1S/C11H8ClNOS/c1-7-13-9(11(12)14)10(15-7)8-5-3-2-4-6-8/h2-6H,1H3. The first-order chi connectivity index (χ1) is 7.18. The summed E-state index contributed by atoms with van der Waals surface area (Å²) in [7, 11) is 0. The van der Waals surface area contributed by atoms with E-state index in [9.17, 15) is 4.79 Å². The van der Waals surface area contributed by atoms with Crippen LogP contribution >= 0.6 is 22.9 Å². The lowest BCUT2D eigenvalue weighted by Crippen LogP contribution is -1.91. The van der Waals surface area contributed by atoms with Crippen LogP contribution in [0.5, 0.6) is 0 Å². The minimum atomic E-state index is -0.502. The number of carbonyl (C=O) groups is 1. The smallest absolute Gasteiger partial charge is 0.272 e. The van der Waals surface area contributed by atoms with Gasteiger partial charge in [-0.05, 0) is 24.1 Å². The maximum absolute atomic E-state index is 11.2. The van der Waals surface area contributed by atoms with Crippen LogP contribution in [0.15, 0.2) is 30.3 Å². The van der Waals surface area contributed by atoms with E-state index in [1.54, 1.807) is 0 Å². The third-order valence-corrected chi connectivity index (χ3v) is 3.16. The summed E-state index contributed by atoms with van der Waals surface area (Å²) in [5.41, 5.74) is 1.33. The summed E-state index contributed by atoms with van der Waals surface area (Å²) in [6, 6.07) is 9.66. The van der Waals surface area contributed by atoms with Crippen LogP contribution in [-0.4, -0.2) is 10.2 Å². The second-order valence-electron chi connectivity index (χ2n) is 3.05. The molecule has 0 aliphatic carbocycles. The first-order valence-corrected chi connectivity index (χ1v) is 5.60. The fraction of sp³-hybridized carbons (Fsp3) is 0.0909. The second kappa shape index (κ2) is 4.13. The normalized spacial score (nSPS) is 10.3. The summed E-state index contributed by atoms with van der Waals surface area (Å²) in [5, 5.41) is 0.344. The molecular weight excluding hydrogens is 230 g/mol. The van der Waals surface area contributed by atoms with Gasteiger partial charge in [0.15, 0.2) is 0 Å². The maximum Gasteiger partial charge on any atom is 0.272 e. The molecule has 0 saturated carbocycles. The van der Waals surface area contributed by atoms with E-state index in [-0.39, 0.29) is 0 Å². The van der Waals surface area contributed by atoms with Crippen molar-refractivity contribution < 1.29 is 4.79 Å². The molecule has 0 unspecified atom stereocenters. The molecular formula is C11H8ClNOS. The summed E-state index contributed by atoms with van der Waals surface area (Å²) >= 11 is 6.96. The molecule has 0 spiro atoms. The van der Waals surface area contributed by atoms with Crippen molar-refractivity contribution in [3.05, 3.63) is 41.0 Å². The summed E-state index contributed by atoms with van der Waals surface area (Å²) in [5.74, 6) is 0. The van der Waals surface area contributed by atoms with Gasteiger partial charge in [0, 0.05) is 0 Å². The van der Waals surface area contributed by atoms with E-state index in [2.05, 4.69) is 4.98 Å². The fourth-order valence-corrected chi connectivity index (χ4v) is 2.46. The molecule has 0 radical (unpaired) electrons. The molecule has 76 valence electrons. The molecule has 1 heterocycles. The molecule has 2 rings (SSSR count). The zero-order valence-corrected chi connectivity index (χ0v) is 9.60. The minimum absolute atomic E-state index is 0.352. The third kappa shape index (κ3) is 2.08. The summed E-state index contributed by atoms with van der Waals surface area (Å²) in [6.45, 7) is 1.86.